The van der Waals surface area contributed by atoms with Gasteiger partial charge in [0, 0.05) is 20.3 Å². The van der Waals surface area contributed by atoms with Crippen LogP contribution in [0.2, 0.25) is 0 Å². The molecule has 2 aromatic rings. The van der Waals surface area contributed by atoms with Gasteiger partial charge in [-0.15, -0.1) is 0 Å². The molecule has 2 heterocycles. The Morgan fingerprint density at radius 2 is 2.28 bits per heavy atom. The number of carbonyl (C=O) groups is 1. The van der Waals surface area contributed by atoms with Crippen LogP contribution in [0.4, 0.5) is 16.6 Å². The molecule has 0 aromatic carbocycles. The van der Waals surface area contributed by atoms with Crippen LogP contribution in [0, 0.1) is 6.92 Å². The van der Waals surface area contributed by atoms with Crippen molar-refractivity contribution in [3.63, 3.8) is 0 Å². The smallest absolute Gasteiger partial charge is 0.269 e. The van der Waals surface area contributed by atoms with Crippen molar-refractivity contribution in [2.45, 2.75) is 6.92 Å². The van der Waals surface area contributed by atoms with E-state index in [1.807, 2.05) is 6.92 Å². The van der Waals surface area contributed by atoms with E-state index in [-0.39, 0.29) is 11.7 Å². The highest BCUT2D eigenvalue weighted by Gasteiger charge is 2.17. The molecule has 0 aliphatic heterocycles. The van der Waals surface area contributed by atoms with Gasteiger partial charge >= 0.3 is 0 Å². The average molecular weight is 266 g/mol. The molecular formula is C10H14N6OS. The summed E-state index contributed by atoms with van der Waals surface area (Å²) in [5.74, 6) is -0.0500. The van der Waals surface area contributed by atoms with Gasteiger partial charge in [0.05, 0.1) is 11.4 Å². The molecule has 7 nitrogen and oxygen atoms in total. The summed E-state index contributed by atoms with van der Waals surface area (Å²) >= 11 is 1.21. The first-order valence-electron chi connectivity index (χ1n) is 5.27. The Kier molecular flexibility index (Phi) is 3.19. The van der Waals surface area contributed by atoms with E-state index in [9.17, 15) is 4.79 Å². The zero-order chi connectivity index (χ0) is 13.3. The summed E-state index contributed by atoms with van der Waals surface area (Å²) in [6.07, 6.45) is 1.74. The number of anilines is 3. The first kappa shape index (κ1) is 12.4. The molecule has 0 radical (unpaired) electrons. The van der Waals surface area contributed by atoms with E-state index in [4.69, 9.17) is 5.73 Å². The summed E-state index contributed by atoms with van der Waals surface area (Å²) in [4.78, 5) is 16.5. The van der Waals surface area contributed by atoms with Crippen molar-refractivity contribution in [3.8, 4) is 0 Å². The molecule has 18 heavy (non-hydrogen) atoms. The number of aromatic nitrogens is 3. The zero-order valence-corrected chi connectivity index (χ0v) is 11.1. The quantitative estimate of drug-likeness (QED) is 0.771. The summed E-state index contributed by atoms with van der Waals surface area (Å²) in [6, 6.07) is 0. The van der Waals surface area contributed by atoms with Crippen molar-refractivity contribution in [3.05, 3.63) is 16.8 Å². The van der Waals surface area contributed by atoms with Gasteiger partial charge in [-0.2, -0.15) is 5.10 Å². The number of hydrogen-bond donors (Lipinski definition) is 3. The maximum absolute atomic E-state index is 12.0. The van der Waals surface area contributed by atoms with Crippen LogP contribution in [0.25, 0.3) is 0 Å². The number of nitrogen functional groups attached to an aromatic ring is 1. The second-order valence-corrected chi connectivity index (χ2v) is 4.74. The van der Waals surface area contributed by atoms with E-state index < -0.39 is 0 Å². The Morgan fingerprint density at radius 3 is 2.78 bits per heavy atom. The van der Waals surface area contributed by atoms with Crippen LogP contribution in [-0.4, -0.2) is 27.7 Å². The van der Waals surface area contributed by atoms with Crippen LogP contribution in [0.3, 0.4) is 0 Å². The fourth-order valence-electron chi connectivity index (χ4n) is 1.50. The van der Waals surface area contributed by atoms with Crippen LogP contribution >= 0.6 is 11.3 Å². The number of hydrogen-bond acceptors (Lipinski definition) is 6. The largest absolute Gasteiger partial charge is 0.382 e. The third-order valence-corrected chi connectivity index (χ3v) is 3.42. The third kappa shape index (κ3) is 2.28. The molecule has 0 aliphatic carbocycles. The number of thiazole rings is 1. The molecule has 96 valence electrons. The standard InChI is InChI=1S/C10H14N6OS/c1-5-6(4-16(3)15-5)13-9(17)7-8(11)14-10(12-2)18-7/h4H,11H2,1-3H3,(H,12,14)(H,13,17). The molecule has 0 fully saturated rings. The van der Waals surface area contributed by atoms with E-state index in [0.717, 1.165) is 5.69 Å². The highest BCUT2D eigenvalue weighted by Crippen LogP contribution is 2.25. The van der Waals surface area contributed by atoms with E-state index in [2.05, 4.69) is 20.7 Å². The second-order valence-electron chi connectivity index (χ2n) is 3.74. The van der Waals surface area contributed by atoms with Gasteiger partial charge in [0.15, 0.2) is 5.13 Å². The maximum atomic E-state index is 12.0. The molecule has 0 spiro atoms. The number of nitrogens with two attached hydrogens (primary N) is 1. The third-order valence-electron chi connectivity index (χ3n) is 2.34. The lowest BCUT2D eigenvalue weighted by Gasteiger charge is -2.01. The van der Waals surface area contributed by atoms with Crippen molar-refractivity contribution in [1.29, 1.82) is 0 Å². The second kappa shape index (κ2) is 4.65. The zero-order valence-electron chi connectivity index (χ0n) is 10.3. The topological polar surface area (TPSA) is 97.9 Å². The number of carbonyl (C=O) groups excluding carboxylic acids is 1. The van der Waals surface area contributed by atoms with Gasteiger partial charge in [-0.05, 0) is 6.92 Å². The lowest BCUT2D eigenvalue weighted by molar-refractivity contribution is 0.103. The number of nitrogens with zero attached hydrogens (tertiary/aromatic N) is 3. The first-order valence-corrected chi connectivity index (χ1v) is 6.08. The first-order chi connectivity index (χ1) is 8.51. The Bertz CT molecular complexity index is 587. The Morgan fingerprint density at radius 1 is 1.56 bits per heavy atom. The normalized spacial score (nSPS) is 10.4. The fraction of sp³-hybridized carbons (Fsp3) is 0.300. The SMILES string of the molecule is CNc1nc(N)c(C(=O)Nc2cn(C)nc2C)s1. The fourth-order valence-corrected chi connectivity index (χ4v) is 2.24. The molecule has 4 N–H and O–H groups in total. The lowest BCUT2D eigenvalue weighted by Crippen LogP contribution is -2.12. The van der Waals surface area contributed by atoms with E-state index in [1.54, 1.807) is 25.0 Å². The van der Waals surface area contributed by atoms with Gasteiger partial charge in [0.2, 0.25) is 0 Å². The van der Waals surface area contributed by atoms with E-state index >= 15 is 0 Å². The van der Waals surface area contributed by atoms with Gasteiger partial charge in [0.25, 0.3) is 5.91 Å². The van der Waals surface area contributed by atoms with Crippen LogP contribution in [-0.2, 0) is 7.05 Å². The maximum Gasteiger partial charge on any atom is 0.269 e. The van der Waals surface area contributed by atoms with Crippen molar-refractivity contribution in [2.75, 3.05) is 23.4 Å². The monoisotopic (exact) mass is 266 g/mol. The van der Waals surface area contributed by atoms with Crippen molar-refractivity contribution in [1.82, 2.24) is 14.8 Å². The molecule has 2 rings (SSSR count). The highest BCUT2D eigenvalue weighted by atomic mass is 32.1. The minimum atomic E-state index is -0.275. The minimum absolute atomic E-state index is 0.225. The van der Waals surface area contributed by atoms with Crippen LogP contribution in [0.15, 0.2) is 6.20 Å². The molecule has 2 aromatic heterocycles. The molecule has 1 amide bonds. The number of rotatable bonds is 3. The van der Waals surface area contributed by atoms with E-state index in [1.165, 1.54) is 11.3 Å². The minimum Gasteiger partial charge on any atom is -0.382 e. The van der Waals surface area contributed by atoms with Gasteiger partial charge in [0.1, 0.15) is 10.7 Å². The molecule has 0 saturated heterocycles. The summed E-state index contributed by atoms with van der Waals surface area (Å²) in [5, 5.41) is 10.4. The molecular weight excluding hydrogens is 252 g/mol. The van der Waals surface area contributed by atoms with Crippen molar-refractivity contribution >= 4 is 33.9 Å². The Labute approximate surface area is 108 Å². The van der Waals surface area contributed by atoms with Crippen molar-refractivity contribution in [2.24, 2.45) is 7.05 Å². The Balaban J connectivity index is 2.21. The van der Waals surface area contributed by atoms with Crippen molar-refractivity contribution < 1.29 is 4.79 Å². The average Bonchev–Trinajstić information content (AvgIpc) is 2.82. The van der Waals surface area contributed by atoms with Gasteiger partial charge < -0.3 is 16.4 Å². The Hall–Kier alpha value is -2.09. The molecule has 8 heteroatoms. The number of amides is 1. The van der Waals surface area contributed by atoms with Crippen LogP contribution in [0.1, 0.15) is 15.4 Å². The van der Waals surface area contributed by atoms with Crippen LogP contribution < -0.4 is 16.4 Å². The highest BCUT2D eigenvalue weighted by molar-refractivity contribution is 7.18. The summed E-state index contributed by atoms with van der Waals surface area (Å²) in [6.45, 7) is 1.82. The number of aryl methyl sites for hydroxylation is 2. The predicted octanol–water partition coefficient (Wildman–Crippen LogP) is 1.06. The summed E-state index contributed by atoms with van der Waals surface area (Å²) in [7, 11) is 3.52. The molecule has 0 bridgehead atoms. The number of nitrogens with one attached hydrogen (secondary N) is 2. The van der Waals surface area contributed by atoms with Gasteiger partial charge in [-0.3, -0.25) is 9.48 Å². The predicted molar refractivity (Wildman–Crippen MR) is 72.0 cm³/mol. The summed E-state index contributed by atoms with van der Waals surface area (Å²) in [5.41, 5.74) is 7.11. The molecule has 0 unspecified atom stereocenters. The van der Waals surface area contributed by atoms with Crippen LogP contribution in [0.5, 0.6) is 0 Å². The van der Waals surface area contributed by atoms with Gasteiger partial charge in [-0.25, -0.2) is 4.98 Å². The molecule has 0 atom stereocenters. The lowest BCUT2D eigenvalue weighted by atomic mass is 10.4. The molecule has 0 saturated carbocycles. The summed E-state index contributed by atoms with van der Waals surface area (Å²) < 4.78 is 1.64. The molecule has 0 aliphatic rings. The van der Waals surface area contributed by atoms with Gasteiger partial charge in [-0.1, -0.05) is 11.3 Å². The van der Waals surface area contributed by atoms with E-state index in [0.29, 0.717) is 15.7 Å².